The Morgan fingerprint density at radius 3 is 2.46 bits per heavy atom. The summed E-state index contributed by atoms with van der Waals surface area (Å²) in [7, 11) is 0. The molecule has 5 nitrogen and oxygen atoms in total. The van der Waals surface area contributed by atoms with E-state index in [0.717, 1.165) is 29.9 Å². The molecular formula is C19H18N4O. The summed E-state index contributed by atoms with van der Waals surface area (Å²) in [5, 5.41) is 11.3. The molecule has 1 heterocycles. The first kappa shape index (κ1) is 14.6. The Balaban J connectivity index is 1.69. The highest BCUT2D eigenvalue weighted by Crippen LogP contribution is 2.42. The number of hydrogen-bond acceptors (Lipinski definition) is 3. The van der Waals surface area contributed by atoms with Crippen molar-refractivity contribution in [2.24, 2.45) is 0 Å². The lowest BCUT2D eigenvalue weighted by Gasteiger charge is -2.08. The first-order chi connectivity index (χ1) is 11.7. The standard InChI is InChI=1S/C19H18N4O/c1-13-7-11-16(12-8-13)23-18(14-9-10-14)17(21-22-23)19(24)20-15-5-3-2-4-6-15/h2-8,11-12,14H,9-10H2,1H3,(H,20,24). The lowest BCUT2D eigenvalue weighted by molar-refractivity contribution is 0.102. The first-order valence-corrected chi connectivity index (χ1v) is 8.11. The Kier molecular flexibility index (Phi) is 3.61. The molecule has 0 unspecified atom stereocenters. The van der Waals surface area contributed by atoms with Crippen molar-refractivity contribution >= 4 is 11.6 Å². The zero-order valence-corrected chi connectivity index (χ0v) is 13.4. The highest BCUT2D eigenvalue weighted by atomic mass is 16.2. The van der Waals surface area contributed by atoms with Gasteiger partial charge in [0.15, 0.2) is 5.69 Å². The molecule has 0 aliphatic heterocycles. The molecule has 1 amide bonds. The minimum atomic E-state index is -0.207. The van der Waals surface area contributed by atoms with Crippen LogP contribution in [-0.4, -0.2) is 20.9 Å². The molecule has 4 rings (SSSR count). The first-order valence-electron chi connectivity index (χ1n) is 8.11. The number of rotatable bonds is 4. The highest BCUT2D eigenvalue weighted by Gasteiger charge is 2.34. The molecule has 1 aliphatic rings. The molecule has 0 radical (unpaired) electrons. The van der Waals surface area contributed by atoms with Gasteiger partial charge in [-0.05, 0) is 44.0 Å². The van der Waals surface area contributed by atoms with Crippen LogP contribution in [0, 0.1) is 6.92 Å². The van der Waals surface area contributed by atoms with E-state index in [2.05, 4.69) is 15.6 Å². The number of para-hydroxylation sites is 1. The van der Waals surface area contributed by atoms with E-state index in [1.54, 1.807) is 4.68 Å². The summed E-state index contributed by atoms with van der Waals surface area (Å²) in [6, 6.07) is 17.5. The molecule has 1 fully saturated rings. The Hall–Kier alpha value is -2.95. The van der Waals surface area contributed by atoms with Crippen LogP contribution < -0.4 is 5.32 Å². The maximum absolute atomic E-state index is 12.6. The van der Waals surface area contributed by atoms with E-state index >= 15 is 0 Å². The van der Waals surface area contributed by atoms with Gasteiger partial charge in [0.1, 0.15) is 0 Å². The molecule has 1 N–H and O–H groups in total. The molecule has 0 bridgehead atoms. The van der Waals surface area contributed by atoms with Gasteiger partial charge in [-0.1, -0.05) is 41.1 Å². The topological polar surface area (TPSA) is 59.8 Å². The van der Waals surface area contributed by atoms with Crippen molar-refractivity contribution in [1.29, 1.82) is 0 Å². The maximum atomic E-state index is 12.6. The summed E-state index contributed by atoms with van der Waals surface area (Å²) >= 11 is 0. The zero-order valence-electron chi connectivity index (χ0n) is 13.4. The molecular weight excluding hydrogens is 300 g/mol. The fourth-order valence-corrected chi connectivity index (χ4v) is 2.76. The summed E-state index contributed by atoms with van der Waals surface area (Å²) in [5.41, 5.74) is 4.21. The van der Waals surface area contributed by atoms with Crippen molar-refractivity contribution < 1.29 is 4.79 Å². The largest absolute Gasteiger partial charge is 0.321 e. The average molecular weight is 318 g/mol. The van der Waals surface area contributed by atoms with E-state index < -0.39 is 0 Å². The molecule has 1 aromatic heterocycles. The van der Waals surface area contributed by atoms with Crippen LogP contribution in [0.2, 0.25) is 0 Å². The van der Waals surface area contributed by atoms with Crippen molar-refractivity contribution in [3.05, 3.63) is 71.5 Å². The maximum Gasteiger partial charge on any atom is 0.278 e. The van der Waals surface area contributed by atoms with Gasteiger partial charge in [0.25, 0.3) is 5.91 Å². The second-order valence-corrected chi connectivity index (χ2v) is 6.17. The van der Waals surface area contributed by atoms with Crippen molar-refractivity contribution in [1.82, 2.24) is 15.0 Å². The van der Waals surface area contributed by atoms with Gasteiger partial charge in [-0.15, -0.1) is 5.10 Å². The number of anilines is 1. The molecule has 2 aromatic carbocycles. The smallest absolute Gasteiger partial charge is 0.278 e. The second-order valence-electron chi connectivity index (χ2n) is 6.17. The van der Waals surface area contributed by atoms with Crippen molar-refractivity contribution in [3.8, 4) is 5.69 Å². The molecule has 0 saturated heterocycles. The van der Waals surface area contributed by atoms with Crippen LogP contribution in [0.1, 0.15) is 40.5 Å². The van der Waals surface area contributed by atoms with E-state index in [0.29, 0.717) is 11.6 Å². The number of carbonyl (C=O) groups excluding carboxylic acids is 1. The van der Waals surface area contributed by atoms with Crippen LogP contribution in [-0.2, 0) is 0 Å². The van der Waals surface area contributed by atoms with E-state index in [-0.39, 0.29) is 5.91 Å². The van der Waals surface area contributed by atoms with Crippen LogP contribution in [0.25, 0.3) is 5.69 Å². The Morgan fingerprint density at radius 1 is 1.08 bits per heavy atom. The number of aromatic nitrogens is 3. The number of aryl methyl sites for hydroxylation is 1. The van der Waals surface area contributed by atoms with Crippen molar-refractivity contribution in [2.75, 3.05) is 5.32 Å². The van der Waals surface area contributed by atoms with E-state index in [1.165, 1.54) is 5.56 Å². The van der Waals surface area contributed by atoms with Crippen molar-refractivity contribution in [2.45, 2.75) is 25.7 Å². The average Bonchev–Trinajstić information content (AvgIpc) is 3.34. The monoisotopic (exact) mass is 318 g/mol. The van der Waals surface area contributed by atoms with Crippen LogP contribution in [0.5, 0.6) is 0 Å². The SMILES string of the molecule is Cc1ccc(-n2nnc(C(=O)Nc3ccccc3)c2C2CC2)cc1. The predicted molar refractivity (Wildman–Crippen MR) is 92.5 cm³/mol. The molecule has 0 atom stereocenters. The third kappa shape index (κ3) is 2.80. The minimum Gasteiger partial charge on any atom is -0.321 e. The lowest BCUT2D eigenvalue weighted by atomic mass is 10.2. The Morgan fingerprint density at radius 2 is 1.79 bits per heavy atom. The van der Waals surface area contributed by atoms with Gasteiger partial charge in [-0.2, -0.15) is 0 Å². The highest BCUT2D eigenvalue weighted by molar-refractivity contribution is 6.03. The fourth-order valence-electron chi connectivity index (χ4n) is 2.76. The number of nitrogens with zero attached hydrogens (tertiary/aromatic N) is 3. The summed E-state index contributed by atoms with van der Waals surface area (Å²) in [6.45, 7) is 2.05. The van der Waals surface area contributed by atoms with E-state index in [9.17, 15) is 4.79 Å². The number of nitrogens with one attached hydrogen (secondary N) is 1. The van der Waals surface area contributed by atoms with Gasteiger partial charge in [0, 0.05) is 11.6 Å². The molecule has 24 heavy (non-hydrogen) atoms. The Labute approximate surface area is 140 Å². The molecule has 1 saturated carbocycles. The quantitative estimate of drug-likeness (QED) is 0.798. The molecule has 0 spiro atoms. The number of hydrogen-bond donors (Lipinski definition) is 1. The van der Waals surface area contributed by atoms with Gasteiger partial charge in [-0.3, -0.25) is 4.79 Å². The zero-order chi connectivity index (χ0) is 16.5. The Bertz CT molecular complexity index is 864. The van der Waals surface area contributed by atoms with Crippen molar-refractivity contribution in [3.63, 3.8) is 0 Å². The minimum absolute atomic E-state index is 0.207. The van der Waals surface area contributed by atoms with E-state index in [1.807, 2.05) is 61.5 Å². The number of amides is 1. The van der Waals surface area contributed by atoms with Crippen LogP contribution >= 0.6 is 0 Å². The van der Waals surface area contributed by atoms with Gasteiger partial charge in [0.2, 0.25) is 0 Å². The van der Waals surface area contributed by atoms with Gasteiger partial charge in [-0.25, -0.2) is 4.68 Å². The van der Waals surface area contributed by atoms with Crippen LogP contribution in [0.15, 0.2) is 54.6 Å². The van der Waals surface area contributed by atoms with Gasteiger partial charge >= 0.3 is 0 Å². The van der Waals surface area contributed by atoms with E-state index in [4.69, 9.17) is 0 Å². The summed E-state index contributed by atoms with van der Waals surface area (Å²) < 4.78 is 1.80. The van der Waals surface area contributed by atoms with Gasteiger partial charge < -0.3 is 5.32 Å². The van der Waals surface area contributed by atoms with Crippen LogP contribution in [0.4, 0.5) is 5.69 Å². The lowest BCUT2D eigenvalue weighted by Crippen LogP contribution is -2.15. The molecule has 3 aromatic rings. The fraction of sp³-hybridized carbons (Fsp3) is 0.211. The molecule has 120 valence electrons. The van der Waals surface area contributed by atoms with Gasteiger partial charge in [0.05, 0.1) is 11.4 Å². The molecule has 1 aliphatic carbocycles. The predicted octanol–water partition coefficient (Wildman–Crippen LogP) is 3.71. The third-order valence-electron chi connectivity index (χ3n) is 4.19. The number of carbonyl (C=O) groups is 1. The summed E-state index contributed by atoms with van der Waals surface area (Å²) in [4.78, 5) is 12.6. The summed E-state index contributed by atoms with van der Waals surface area (Å²) in [5.74, 6) is 0.152. The normalized spacial score (nSPS) is 13.7. The van der Waals surface area contributed by atoms with Crippen LogP contribution in [0.3, 0.4) is 0 Å². The number of benzene rings is 2. The third-order valence-corrected chi connectivity index (χ3v) is 4.19. The second kappa shape index (κ2) is 5.92. The molecule has 5 heteroatoms. The summed E-state index contributed by atoms with van der Waals surface area (Å²) in [6.07, 6.45) is 2.15.